The van der Waals surface area contributed by atoms with Crippen LogP contribution in [0, 0.1) is 13.8 Å². The molecule has 0 saturated carbocycles. The number of pyridine rings is 1. The number of aryl methyl sites for hydroxylation is 2. The smallest absolute Gasteiger partial charge is 0.258 e. The highest BCUT2D eigenvalue weighted by molar-refractivity contribution is 6.29. The van der Waals surface area contributed by atoms with E-state index in [1.807, 2.05) is 39.8 Å². The highest BCUT2D eigenvalue weighted by Gasteiger charge is 2.16. The second-order valence-corrected chi connectivity index (χ2v) is 7.58. The average molecular weight is 434 g/mol. The molecule has 0 aliphatic carbocycles. The van der Waals surface area contributed by atoms with E-state index in [4.69, 9.17) is 30.7 Å². The Kier molecular flexibility index (Phi) is 6.91. The molecule has 0 radical (unpaired) electrons. The number of halogens is 1. The lowest BCUT2D eigenvalue weighted by atomic mass is 10.1. The van der Waals surface area contributed by atoms with Gasteiger partial charge in [0.15, 0.2) is 0 Å². The molecule has 0 fully saturated rings. The summed E-state index contributed by atoms with van der Waals surface area (Å²) in [5, 5.41) is 22.8. The van der Waals surface area contributed by atoms with Crippen LogP contribution in [0.25, 0.3) is 22.8 Å². The number of ether oxygens (including phenoxy) is 2. The SMILES string of the molecule is Cc1cc(-c2noc(-c3cc(Cl)nc(OC(C)C)c3)n2)cc(C)c1OC[C@H](O)CO. The summed E-state index contributed by atoms with van der Waals surface area (Å²) in [5.74, 6) is 1.74. The molecular formula is C21H24ClN3O5. The minimum atomic E-state index is -0.931. The first-order valence-corrected chi connectivity index (χ1v) is 9.86. The van der Waals surface area contributed by atoms with Gasteiger partial charge >= 0.3 is 0 Å². The molecular weight excluding hydrogens is 410 g/mol. The summed E-state index contributed by atoms with van der Waals surface area (Å²) in [7, 11) is 0. The van der Waals surface area contributed by atoms with Gasteiger partial charge < -0.3 is 24.2 Å². The van der Waals surface area contributed by atoms with E-state index >= 15 is 0 Å². The third-order valence-corrected chi connectivity index (χ3v) is 4.34. The van der Waals surface area contributed by atoms with Gasteiger partial charge in [-0.15, -0.1) is 0 Å². The Bertz CT molecular complexity index is 999. The third kappa shape index (κ3) is 5.27. The van der Waals surface area contributed by atoms with Crippen molar-refractivity contribution in [3.8, 4) is 34.5 Å². The van der Waals surface area contributed by atoms with Crippen molar-refractivity contribution in [2.45, 2.75) is 39.9 Å². The average Bonchev–Trinajstić information content (AvgIpc) is 3.16. The van der Waals surface area contributed by atoms with Gasteiger partial charge in [0.25, 0.3) is 5.89 Å². The quantitative estimate of drug-likeness (QED) is 0.518. The minimum Gasteiger partial charge on any atom is -0.490 e. The first-order chi connectivity index (χ1) is 14.3. The fourth-order valence-corrected chi connectivity index (χ4v) is 3.10. The van der Waals surface area contributed by atoms with Gasteiger partial charge in [-0.3, -0.25) is 0 Å². The monoisotopic (exact) mass is 433 g/mol. The molecule has 30 heavy (non-hydrogen) atoms. The molecule has 0 spiro atoms. The highest BCUT2D eigenvalue weighted by Crippen LogP contribution is 2.31. The highest BCUT2D eigenvalue weighted by atomic mass is 35.5. The molecule has 2 N–H and O–H groups in total. The number of aliphatic hydroxyl groups is 2. The van der Waals surface area contributed by atoms with E-state index in [1.165, 1.54) is 0 Å². The predicted molar refractivity (Wildman–Crippen MR) is 112 cm³/mol. The van der Waals surface area contributed by atoms with Crippen molar-refractivity contribution in [2.24, 2.45) is 0 Å². The van der Waals surface area contributed by atoms with Gasteiger partial charge in [0.2, 0.25) is 11.7 Å². The number of rotatable bonds is 8. The summed E-state index contributed by atoms with van der Waals surface area (Å²) < 4.78 is 16.7. The summed E-state index contributed by atoms with van der Waals surface area (Å²) in [6.45, 7) is 7.22. The molecule has 0 aliphatic rings. The van der Waals surface area contributed by atoms with Gasteiger partial charge in [-0.1, -0.05) is 16.8 Å². The second kappa shape index (κ2) is 9.42. The van der Waals surface area contributed by atoms with Crippen molar-refractivity contribution in [1.29, 1.82) is 0 Å². The zero-order chi connectivity index (χ0) is 21.8. The van der Waals surface area contributed by atoms with Crippen molar-refractivity contribution >= 4 is 11.6 Å². The van der Waals surface area contributed by atoms with Gasteiger partial charge in [-0.05, 0) is 57.0 Å². The van der Waals surface area contributed by atoms with E-state index in [0.717, 1.165) is 16.7 Å². The first-order valence-electron chi connectivity index (χ1n) is 9.48. The molecule has 8 nitrogen and oxygen atoms in total. The summed E-state index contributed by atoms with van der Waals surface area (Å²) >= 11 is 6.10. The molecule has 160 valence electrons. The van der Waals surface area contributed by atoms with E-state index in [0.29, 0.717) is 28.9 Å². The van der Waals surface area contributed by atoms with Gasteiger partial charge in [0.1, 0.15) is 23.6 Å². The lowest BCUT2D eigenvalue weighted by Crippen LogP contribution is -2.21. The molecule has 0 bridgehead atoms. The Hall–Kier alpha value is -2.68. The van der Waals surface area contributed by atoms with Crippen LogP contribution < -0.4 is 9.47 Å². The van der Waals surface area contributed by atoms with Crippen LogP contribution in [0.5, 0.6) is 11.6 Å². The molecule has 3 rings (SSSR count). The van der Waals surface area contributed by atoms with E-state index in [2.05, 4.69) is 15.1 Å². The Labute approximate surface area is 179 Å². The van der Waals surface area contributed by atoms with Gasteiger partial charge in [0, 0.05) is 17.2 Å². The van der Waals surface area contributed by atoms with Gasteiger partial charge in [0.05, 0.1) is 12.7 Å². The number of aromatic nitrogens is 3. The normalized spacial score (nSPS) is 12.3. The van der Waals surface area contributed by atoms with Crippen LogP contribution >= 0.6 is 11.6 Å². The molecule has 1 atom stereocenters. The lowest BCUT2D eigenvalue weighted by molar-refractivity contribution is 0.0532. The van der Waals surface area contributed by atoms with Gasteiger partial charge in [-0.25, -0.2) is 4.98 Å². The molecule has 0 unspecified atom stereocenters. The maximum absolute atomic E-state index is 9.50. The molecule has 3 aromatic rings. The summed E-state index contributed by atoms with van der Waals surface area (Å²) in [6.07, 6.45) is -0.979. The lowest BCUT2D eigenvalue weighted by Gasteiger charge is -2.15. The van der Waals surface area contributed by atoms with Crippen LogP contribution in [0.1, 0.15) is 25.0 Å². The number of benzene rings is 1. The van der Waals surface area contributed by atoms with E-state index in [9.17, 15) is 5.11 Å². The number of hydrogen-bond donors (Lipinski definition) is 2. The molecule has 2 heterocycles. The van der Waals surface area contributed by atoms with Crippen LogP contribution in [0.4, 0.5) is 0 Å². The zero-order valence-corrected chi connectivity index (χ0v) is 18.0. The standard InChI is InChI=1S/C21H24ClN3O5/c1-11(2)29-18-8-15(7-17(22)23-18)21-24-20(25-30-21)14-5-12(3)19(13(4)6-14)28-10-16(27)9-26/h5-8,11,16,26-27H,9-10H2,1-4H3/t16-/m1/s1. The van der Waals surface area contributed by atoms with Crippen molar-refractivity contribution in [3.05, 3.63) is 40.5 Å². The van der Waals surface area contributed by atoms with Crippen molar-refractivity contribution in [3.63, 3.8) is 0 Å². The Morgan fingerprint density at radius 1 is 1.07 bits per heavy atom. The fraction of sp³-hybridized carbons (Fsp3) is 0.381. The molecule has 0 saturated heterocycles. The maximum Gasteiger partial charge on any atom is 0.258 e. The van der Waals surface area contributed by atoms with Gasteiger partial charge in [-0.2, -0.15) is 4.98 Å². The molecule has 9 heteroatoms. The van der Waals surface area contributed by atoms with Crippen molar-refractivity contribution in [2.75, 3.05) is 13.2 Å². The summed E-state index contributed by atoms with van der Waals surface area (Å²) in [6, 6.07) is 7.07. The third-order valence-electron chi connectivity index (χ3n) is 4.15. The maximum atomic E-state index is 9.50. The number of nitrogens with zero attached hydrogens (tertiary/aromatic N) is 3. The number of hydrogen-bond acceptors (Lipinski definition) is 8. The first kappa shape index (κ1) is 22.0. The Morgan fingerprint density at radius 2 is 1.77 bits per heavy atom. The second-order valence-electron chi connectivity index (χ2n) is 7.19. The number of aliphatic hydroxyl groups excluding tert-OH is 2. The molecule has 1 aromatic carbocycles. The molecule has 2 aromatic heterocycles. The van der Waals surface area contributed by atoms with Crippen LogP contribution in [0.15, 0.2) is 28.8 Å². The Morgan fingerprint density at radius 3 is 2.40 bits per heavy atom. The van der Waals surface area contributed by atoms with Crippen LogP contribution in [-0.2, 0) is 0 Å². The van der Waals surface area contributed by atoms with Crippen molar-refractivity contribution < 1.29 is 24.2 Å². The van der Waals surface area contributed by atoms with E-state index < -0.39 is 6.10 Å². The van der Waals surface area contributed by atoms with Crippen LogP contribution in [0.3, 0.4) is 0 Å². The van der Waals surface area contributed by atoms with E-state index in [-0.39, 0.29) is 24.5 Å². The molecule has 0 aliphatic heterocycles. The summed E-state index contributed by atoms with van der Waals surface area (Å²) in [4.78, 5) is 8.62. The zero-order valence-electron chi connectivity index (χ0n) is 17.2. The summed E-state index contributed by atoms with van der Waals surface area (Å²) in [5.41, 5.74) is 3.06. The predicted octanol–water partition coefficient (Wildman–Crippen LogP) is 3.59. The van der Waals surface area contributed by atoms with Crippen molar-refractivity contribution in [1.82, 2.24) is 15.1 Å². The fourth-order valence-electron chi connectivity index (χ4n) is 2.90. The largest absolute Gasteiger partial charge is 0.490 e. The van der Waals surface area contributed by atoms with Crippen LogP contribution in [0.2, 0.25) is 5.15 Å². The molecule has 0 amide bonds. The topological polar surface area (TPSA) is 111 Å². The van der Waals surface area contributed by atoms with E-state index in [1.54, 1.807) is 12.1 Å². The Balaban J connectivity index is 1.87. The minimum absolute atomic E-state index is 0.00741. The van der Waals surface area contributed by atoms with Crippen LogP contribution in [-0.4, -0.2) is 50.8 Å².